The fourth-order valence-corrected chi connectivity index (χ4v) is 4.82. The van der Waals surface area contributed by atoms with Crippen molar-refractivity contribution in [1.82, 2.24) is 9.97 Å². The van der Waals surface area contributed by atoms with Crippen molar-refractivity contribution in [2.45, 2.75) is 25.0 Å². The standard InChI is InChI=1S/C19H22FN5OS/c1-18(2,26)15-14(20)8-22-17(23-15)25-9-13-10-27-16(21)24-19(13,11-25)12-6-4-3-5-7-12/h3-8,13,26H,9-11H2,1-2H3,(H2,21,24). The molecule has 142 valence electrons. The van der Waals surface area contributed by atoms with E-state index in [9.17, 15) is 9.50 Å². The van der Waals surface area contributed by atoms with Crippen LogP contribution < -0.4 is 10.6 Å². The molecule has 0 saturated carbocycles. The second kappa shape index (κ2) is 6.45. The quantitative estimate of drug-likeness (QED) is 0.840. The Morgan fingerprint density at radius 2 is 2.07 bits per heavy atom. The van der Waals surface area contributed by atoms with Gasteiger partial charge in [0.25, 0.3) is 0 Å². The predicted octanol–water partition coefficient (Wildman–Crippen LogP) is 2.24. The van der Waals surface area contributed by atoms with Crippen molar-refractivity contribution in [3.63, 3.8) is 0 Å². The summed E-state index contributed by atoms with van der Waals surface area (Å²) >= 11 is 1.56. The topological polar surface area (TPSA) is 87.6 Å². The van der Waals surface area contributed by atoms with Gasteiger partial charge >= 0.3 is 0 Å². The van der Waals surface area contributed by atoms with Gasteiger partial charge in [0, 0.05) is 18.2 Å². The van der Waals surface area contributed by atoms with Gasteiger partial charge in [0.05, 0.1) is 12.7 Å². The van der Waals surface area contributed by atoms with Crippen LogP contribution in [0.25, 0.3) is 0 Å². The van der Waals surface area contributed by atoms with Crippen LogP contribution in [0.4, 0.5) is 10.3 Å². The second-order valence-corrected chi connectivity index (χ2v) is 8.59. The van der Waals surface area contributed by atoms with Gasteiger partial charge in [0.2, 0.25) is 5.95 Å². The number of amidine groups is 1. The third-order valence-corrected chi connectivity index (χ3v) is 6.11. The van der Waals surface area contributed by atoms with E-state index in [-0.39, 0.29) is 11.6 Å². The molecule has 8 heteroatoms. The van der Waals surface area contributed by atoms with Crippen molar-refractivity contribution in [1.29, 1.82) is 0 Å². The number of benzene rings is 1. The van der Waals surface area contributed by atoms with Crippen molar-refractivity contribution < 1.29 is 9.50 Å². The van der Waals surface area contributed by atoms with Crippen LogP contribution >= 0.6 is 11.8 Å². The Labute approximate surface area is 161 Å². The van der Waals surface area contributed by atoms with E-state index in [4.69, 9.17) is 10.7 Å². The normalized spacial score (nSPS) is 25.3. The first-order valence-electron chi connectivity index (χ1n) is 8.83. The smallest absolute Gasteiger partial charge is 0.225 e. The first-order chi connectivity index (χ1) is 12.8. The Bertz CT molecular complexity index is 885. The SMILES string of the molecule is CC(C)(O)c1nc(N2CC3CSC(N)=NC3(c3ccccc3)C2)ncc1F. The summed E-state index contributed by atoms with van der Waals surface area (Å²) in [6, 6.07) is 10.1. The van der Waals surface area contributed by atoms with Crippen LogP contribution in [0, 0.1) is 11.7 Å². The Morgan fingerprint density at radius 3 is 2.78 bits per heavy atom. The van der Waals surface area contributed by atoms with Gasteiger partial charge < -0.3 is 15.7 Å². The van der Waals surface area contributed by atoms with E-state index in [0.717, 1.165) is 17.5 Å². The van der Waals surface area contributed by atoms with E-state index >= 15 is 0 Å². The molecule has 27 heavy (non-hydrogen) atoms. The molecular weight excluding hydrogens is 365 g/mol. The average Bonchev–Trinajstić information content (AvgIpc) is 3.02. The Balaban J connectivity index is 1.75. The number of fused-ring (bicyclic) bond motifs is 1. The van der Waals surface area contributed by atoms with Crippen molar-refractivity contribution in [3.05, 3.63) is 53.6 Å². The molecule has 0 amide bonds. The number of hydrogen-bond donors (Lipinski definition) is 2. The molecule has 0 spiro atoms. The summed E-state index contributed by atoms with van der Waals surface area (Å²) in [5.74, 6) is 0.868. The maximum absolute atomic E-state index is 14.1. The number of aromatic nitrogens is 2. The van der Waals surface area contributed by atoms with Crippen LogP contribution in [0.2, 0.25) is 0 Å². The molecule has 2 aromatic rings. The first kappa shape index (κ1) is 18.2. The minimum atomic E-state index is -1.39. The summed E-state index contributed by atoms with van der Waals surface area (Å²) < 4.78 is 14.1. The molecular formula is C19H22FN5OS. The van der Waals surface area contributed by atoms with Crippen molar-refractivity contribution in [2.75, 3.05) is 23.7 Å². The van der Waals surface area contributed by atoms with Crippen LogP contribution in [-0.4, -0.2) is 39.1 Å². The fourth-order valence-electron chi connectivity index (χ4n) is 3.84. The highest BCUT2D eigenvalue weighted by molar-refractivity contribution is 8.13. The van der Waals surface area contributed by atoms with Gasteiger partial charge in [-0.05, 0) is 19.4 Å². The lowest BCUT2D eigenvalue weighted by molar-refractivity contribution is 0.0693. The molecule has 3 N–H and O–H groups in total. The Hall–Kier alpha value is -2.19. The van der Waals surface area contributed by atoms with Gasteiger partial charge in [0.1, 0.15) is 16.8 Å². The summed E-state index contributed by atoms with van der Waals surface area (Å²) in [6.45, 7) is 4.27. The second-order valence-electron chi connectivity index (χ2n) is 7.55. The lowest BCUT2D eigenvalue weighted by Crippen LogP contribution is -2.40. The zero-order valence-electron chi connectivity index (χ0n) is 15.3. The van der Waals surface area contributed by atoms with Crippen LogP contribution in [0.5, 0.6) is 0 Å². The third kappa shape index (κ3) is 3.17. The lowest BCUT2D eigenvalue weighted by atomic mass is 9.82. The van der Waals surface area contributed by atoms with Gasteiger partial charge in [-0.25, -0.2) is 19.4 Å². The summed E-state index contributed by atoms with van der Waals surface area (Å²) in [5, 5.41) is 10.8. The molecule has 1 aromatic heterocycles. The Morgan fingerprint density at radius 1 is 1.33 bits per heavy atom. The zero-order valence-corrected chi connectivity index (χ0v) is 16.1. The molecule has 0 aliphatic carbocycles. The van der Waals surface area contributed by atoms with E-state index < -0.39 is 17.0 Å². The van der Waals surface area contributed by atoms with Crippen LogP contribution in [-0.2, 0) is 11.1 Å². The van der Waals surface area contributed by atoms with Gasteiger partial charge in [-0.1, -0.05) is 42.1 Å². The maximum Gasteiger partial charge on any atom is 0.225 e. The number of aliphatic imine (C=N–C) groups is 1. The number of halogens is 1. The van der Waals surface area contributed by atoms with Crippen LogP contribution in [0.15, 0.2) is 41.5 Å². The molecule has 1 fully saturated rings. The summed E-state index contributed by atoms with van der Waals surface area (Å²) in [4.78, 5) is 15.4. The van der Waals surface area contributed by atoms with Crippen molar-refractivity contribution in [3.8, 4) is 0 Å². The predicted molar refractivity (Wildman–Crippen MR) is 105 cm³/mol. The first-order valence-corrected chi connectivity index (χ1v) is 9.82. The highest BCUT2D eigenvalue weighted by atomic mass is 32.2. The van der Waals surface area contributed by atoms with Gasteiger partial charge in [-0.2, -0.15) is 0 Å². The summed E-state index contributed by atoms with van der Waals surface area (Å²) in [5.41, 5.74) is 5.32. The summed E-state index contributed by atoms with van der Waals surface area (Å²) in [6.07, 6.45) is 1.12. The summed E-state index contributed by atoms with van der Waals surface area (Å²) in [7, 11) is 0. The number of nitrogens with two attached hydrogens (primary N) is 1. The molecule has 1 aromatic carbocycles. The number of hydrogen-bond acceptors (Lipinski definition) is 7. The minimum absolute atomic E-state index is 0.00600. The molecule has 3 heterocycles. The monoisotopic (exact) mass is 387 g/mol. The van der Waals surface area contributed by atoms with E-state index in [2.05, 4.69) is 22.1 Å². The van der Waals surface area contributed by atoms with Gasteiger partial charge in [-0.3, -0.25) is 0 Å². The largest absolute Gasteiger partial charge is 0.384 e. The number of anilines is 1. The van der Waals surface area contributed by atoms with Crippen molar-refractivity contribution >= 4 is 22.9 Å². The molecule has 0 radical (unpaired) electrons. The molecule has 2 aliphatic heterocycles. The number of rotatable bonds is 3. The zero-order chi connectivity index (χ0) is 19.2. The number of nitrogens with zero attached hydrogens (tertiary/aromatic N) is 4. The molecule has 4 rings (SSSR count). The highest BCUT2D eigenvalue weighted by Gasteiger charge is 2.50. The van der Waals surface area contributed by atoms with Crippen LogP contribution in [0.3, 0.4) is 0 Å². The molecule has 2 unspecified atom stereocenters. The number of thioether (sulfide) groups is 1. The fraction of sp³-hybridized carbons (Fsp3) is 0.421. The van der Waals surface area contributed by atoms with Crippen molar-refractivity contribution in [2.24, 2.45) is 16.6 Å². The Kier molecular flexibility index (Phi) is 4.35. The number of aliphatic hydroxyl groups is 1. The van der Waals surface area contributed by atoms with E-state index in [1.54, 1.807) is 11.8 Å². The average molecular weight is 387 g/mol. The van der Waals surface area contributed by atoms with E-state index in [1.165, 1.54) is 13.8 Å². The molecule has 0 bridgehead atoms. The molecule has 1 saturated heterocycles. The maximum atomic E-state index is 14.1. The van der Waals surface area contributed by atoms with Gasteiger partial charge in [0.15, 0.2) is 11.0 Å². The lowest BCUT2D eigenvalue weighted by Gasteiger charge is -2.34. The molecule has 2 atom stereocenters. The van der Waals surface area contributed by atoms with E-state index in [0.29, 0.717) is 24.2 Å². The molecule has 2 aliphatic rings. The van der Waals surface area contributed by atoms with E-state index in [1.807, 2.05) is 23.1 Å². The van der Waals surface area contributed by atoms with Crippen LogP contribution in [0.1, 0.15) is 25.1 Å². The minimum Gasteiger partial charge on any atom is -0.384 e. The highest BCUT2D eigenvalue weighted by Crippen LogP contribution is 2.46. The molecule has 6 nitrogen and oxygen atoms in total. The van der Waals surface area contributed by atoms with Gasteiger partial charge in [-0.15, -0.1) is 0 Å². The third-order valence-electron chi connectivity index (χ3n) is 5.16.